The molecule has 0 bridgehead atoms. The first-order chi connectivity index (χ1) is 8.54. The van der Waals surface area contributed by atoms with E-state index < -0.39 is 11.9 Å². The van der Waals surface area contributed by atoms with Crippen LogP contribution in [0.2, 0.25) is 0 Å². The van der Waals surface area contributed by atoms with Crippen LogP contribution in [-0.2, 0) is 4.79 Å². The third-order valence-electron chi connectivity index (χ3n) is 2.84. The highest BCUT2D eigenvalue weighted by Crippen LogP contribution is 2.25. The van der Waals surface area contributed by atoms with Crippen LogP contribution >= 0.6 is 0 Å². The maximum absolute atomic E-state index is 10.9. The molecule has 88 valence electrons. The van der Waals surface area contributed by atoms with Crippen LogP contribution < -0.4 is 4.74 Å². The monoisotopic (exact) mass is 232 g/mol. The maximum Gasteiger partial charge on any atom is 0.310 e. The Morgan fingerprint density at radius 2 is 2.06 bits per heavy atom. The van der Waals surface area contributed by atoms with Crippen molar-refractivity contribution in [2.75, 3.05) is 7.11 Å². The summed E-state index contributed by atoms with van der Waals surface area (Å²) in [7, 11) is 1.53. The van der Waals surface area contributed by atoms with Crippen molar-refractivity contribution in [2.45, 2.75) is 12.8 Å². The van der Waals surface area contributed by atoms with Crippen LogP contribution in [0.15, 0.2) is 36.4 Å². The Morgan fingerprint density at radius 1 is 1.35 bits per heavy atom. The summed E-state index contributed by atoms with van der Waals surface area (Å²) in [5, 5.41) is 10.6. The number of carboxylic acids is 1. The molecule has 0 unspecified atom stereocenters. The standard InChI is InChI=1S/C14H14O3/c1-9(14(15)16)10-3-4-12-8-13(17-2)6-5-11(12)7-10/h3-9H,1-2H3,(H,15,16)/t9-/m0/s1/i8T. The smallest absolute Gasteiger partial charge is 0.310 e. The second-order valence-electron chi connectivity index (χ2n) is 3.93. The highest BCUT2D eigenvalue weighted by atomic mass is 16.5. The molecule has 1 N–H and O–H groups in total. The van der Waals surface area contributed by atoms with E-state index in [0.29, 0.717) is 11.8 Å². The van der Waals surface area contributed by atoms with Crippen LogP contribution in [0.1, 0.15) is 19.8 Å². The van der Waals surface area contributed by atoms with Crippen molar-refractivity contribution in [1.82, 2.24) is 0 Å². The first-order valence-electron chi connectivity index (χ1n) is 5.84. The molecule has 0 spiro atoms. The van der Waals surface area contributed by atoms with Crippen molar-refractivity contribution in [3.05, 3.63) is 41.9 Å². The number of ether oxygens (including phenoxy) is 1. The molecule has 2 rings (SSSR count). The van der Waals surface area contributed by atoms with E-state index in [1.165, 1.54) is 7.11 Å². The number of fused-ring (bicyclic) bond motifs is 1. The highest BCUT2D eigenvalue weighted by molar-refractivity contribution is 5.86. The van der Waals surface area contributed by atoms with Crippen molar-refractivity contribution in [2.24, 2.45) is 0 Å². The van der Waals surface area contributed by atoms with E-state index in [1.54, 1.807) is 25.1 Å². The molecule has 0 aliphatic rings. The van der Waals surface area contributed by atoms with Gasteiger partial charge in [-0.1, -0.05) is 24.3 Å². The predicted molar refractivity (Wildman–Crippen MR) is 66.6 cm³/mol. The van der Waals surface area contributed by atoms with Crippen molar-refractivity contribution in [3.8, 4) is 5.75 Å². The molecule has 0 aliphatic carbocycles. The van der Waals surface area contributed by atoms with Gasteiger partial charge in [0.05, 0.1) is 14.4 Å². The minimum Gasteiger partial charge on any atom is -0.497 e. The van der Waals surface area contributed by atoms with Crippen LogP contribution in [0.25, 0.3) is 10.8 Å². The number of carboxylic acid groups (broad SMARTS) is 1. The summed E-state index contributed by atoms with van der Waals surface area (Å²) in [6, 6.07) is 9.22. The normalized spacial score (nSPS) is 13.2. The van der Waals surface area contributed by atoms with Crippen LogP contribution in [0, 0.1) is 0 Å². The molecule has 0 amide bonds. The van der Waals surface area contributed by atoms with E-state index in [-0.39, 0.29) is 0 Å². The molecule has 2 aromatic carbocycles. The van der Waals surface area contributed by atoms with Crippen LogP contribution in [0.5, 0.6) is 5.75 Å². The van der Waals surface area contributed by atoms with Crippen molar-refractivity contribution >= 4 is 16.7 Å². The van der Waals surface area contributed by atoms with Crippen LogP contribution in [0.3, 0.4) is 0 Å². The maximum atomic E-state index is 10.9. The van der Waals surface area contributed by atoms with Gasteiger partial charge < -0.3 is 9.84 Å². The van der Waals surface area contributed by atoms with Gasteiger partial charge in [0.25, 0.3) is 0 Å². The molecule has 0 aromatic heterocycles. The SMILES string of the molecule is [3H]c1c(OC)ccc2cc([C@H](C)C(=O)O)ccc12. The topological polar surface area (TPSA) is 46.5 Å². The van der Waals surface area contributed by atoms with Crippen molar-refractivity contribution in [1.29, 1.82) is 0 Å². The van der Waals surface area contributed by atoms with E-state index in [1.807, 2.05) is 12.1 Å². The van der Waals surface area contributed by atoms with Gasteiger partial charge in [-0.15, -0.1) is 0 Å². The van der Waals surface area contributed by atoms with Gasteiger partial charge in [0.2, 0.25) is 0 Å². The van der Waals surface area contributed by atoms with Gasteiger partial charge in [0, 0.05) is 0 Å². The summed E-state index contributed by atoms with van der Waals surface area (Å²) in [5.41, 5.74) is 0.736. The van der Waals surface area contributed by atoms with Crippen molar-refractivity contribution in [3.63, 3.8) is 0 Å². The molecule has 17 heavy (non-hydrogen) atoms. The number of hydrogen-bond donors (Lipinski definition) is 1. The van der Waals surface area contributed by atoms with Gasteiger partial charge in [0.15, 0.2) is 0 Å². The van der Waals surface area contributed by atoms with E-state index >= 15 is 0 Å². The predicted octanol–water partition coefficient (Wildman–Crippen LogP) is 3.04. The van der Waals surface area contributed by atoms with Crippen LogP contribution in [0.4, 0.5) is 0 Å². The fraction of sp³-hybridized carbons (Fsp3) is 0.214. The quantitative estimate of drug-likeness (QED) is 0.884. The van der Waals surface area contributed by atoms with E-state index in [9.17, 15) is 4.79 Å². The molecule has 3 heteroatoms. The summed E-state index contributed by atoms with van der Waals surface area (Å²) in [6.45, 7) is 1.65. The fourth-order valence-electron chi connectivity index (χ4n) is 1.70. The number of methoxy groups -OCH3 is 1. The zero-order valence-corrected chi connectivity index (χ0v) is 9.73. The Kier molecular flexibility index (Phi) is 2.66. The summed E-state index contributed by atoms with van der Waals surface area (Å²) in [4.78, 5) is 10.9. The lowest BCUT2D eigenvalue weighted by atomic mass is 9.98. The third kappa shape index (κ3) is 2.23. The number of carbonyl (C=O) groups is 1. The second kappa shape index (κ2) is 4.45. The van der Waals surface area contributed by atoms with Gasteiger partial charge in [-0.05, 0) is 35.4 Å². The molecule has 3 nitrogen and oxygen atoms in total. The Morgan fingerprint density at radius 3 is 2.71 bits per heavy atom. The summed E-state index contributed by atoms with van der Waals surface area (Å²) in [5.74, 6) is -0.888. The lowest BCUT2D eigenvalue weighted by molar-refractivity contribution is -0.138. The Balaban J connectivity index is 2.57. The first-order valence-corrected chi connectivity index (χ1v) is 5.34. The Bertz CT molecular complexity index is 607. The molecule has 0 saturated carbocycles. The van der Waals surface area contributed by atoms with E-state index in [2.05, 4.69) is 0 Å². The Labute approximate surface area is 101 Å². The van der Waals surface area contributed by atoms with Gasteiger partial charge in [-0.3, -0.25) is 4.79 Å². The average Bonchev–Trinajstić information content (AvgIpc) is 2.37. The molecule has 2 aromatic rings. The molecule has 0 heterocycles. The van der Waals surface area contributed by atoms with E-state index in [0.717, 1.165) is 16.3 Å². The minimum atomic E-state index is -0.853. The number of rotatable bonds is 3. The zero-order valence-electron chi connectivity index (χ0n) is 10.7. The van der Waals surface area contributed by atoms with Gasteiger partial charge in [-0.2, -0.15) is 0 Å². The molecule has 1 atom stereocenters. The third-order valence-corrected chi connectivity index (χ3v) is 2.84. The first kappa shape index (κ1) is 10.1. The molecule has 0 saturated heterocycles. The number of hydrogen-bond acceptors (Lipinski definition) is 2. The average molecular weight is 232 g/mol. The molecular formula is C14H14O3. The molecule has 0 fully saturated rings. The molecule has 0 radical (unpaired) electrons. The molecular weight excluding hydrogens is 216 g/mol. The van der Waals surface area contributed by atoms with Gasteiger partial charge >= 0.3 is 5.97 Å². The molecule has 0 aliphatic heterocycles. The number of aliphatic carboxylic acids is 1. The Hall–Kier alpha value is -2.03. The van der Waals surface area contributed by atoms with E-state index in [4.69, 9.17) is 11.2 Å². The number of benzene rings is 2. The minimum absolute atomic E-state index is 0.324. The van der Waals surface area contributed by atoms with Crippen LogP contribution in [-0.4, -0.2) is 18.2 Å². The lowest BCUT2D eigenvalue weighted by Gasteiger charge is -2.08. The highest BCUT2D eigenvalue weighted by Gasteiger charge is 2.13. The lowest BCUT2D eigenvalue weighted by Crippen LogP contribution is -2.06. The largest absolute Gasteiger partial charge is 0.497 e. The zero-order chi connectivity index (χ0) is 13.3. The second-order valence-corrected chi connectivity index (χ2v) is 3.93. The van der Waals surface area contributed by atoms with Gasteiger partial charge in [-0.25, -0.2) is 0 Å². The fourth-order valence-corrected chi connectivity index (χ4v) is 1.70. The summed E-state index contributed by atoms with van der Waals surface area (Å²) >= 11 is 0. The summed E-state index contributed by atoms with van der Waals surface area (Å²) in [6.07, 6.45) is 0. The van der Waals surface area contributed by atoms with Gasteiger partial charge in [0.1, 0.15) is 5.75 Å². The summed E-state index contributed by atoms with van der Waals surface area (Å²) < 4.78 is 13.0. The van der Waals surface area contributed by atoms with Crippen molar-refractivity contribution < 1.29 is 16.0 Å².